The third kappa shape index (κ3) is 3.40. The minimum absolute atomic E-state index is 0.0519. The molecule has 1 heterocycles. The molecule has 0 unspecified atom stereocenters. The predicted octanol–water partition coefficient (Wildman–Crippen LogP) is 1.67. The van der Waals surface area contributed by atoms with Crippen molar-refractivity contribution in [3.8, 4) is 0 Å². The summed E-state index contributed by atoms with van der Waals surface area (Å²) in [5, 5.41) is 2.72. The van der Waals surface area contributed by atoms with Gasteiger partial charge in [0.25, 0.3) is 5.91 Å². The summed E-state index contributed by atoms with van der Waals surface area (Å²) in [6, 6.07) is 1.33. The van der Waals surface area contributed by atoms with E-state index < -0.39 is 11.7 Å². The normalized spacial score (nSPS) is 10.5. The Labute approximate surface area is 106 Å². The number of hydrazine groups is 1. The minimum Gasteiger partial charge on any atom is -0.352 e. The summed E-state index contributed by atoms with van der Waals surface area (Å²) in [4.78, 5) is 15.5. The van der Waals surface area contributed by atoms with Crippen molar-refractivity contribution in [1.29, 1.82) is 0 Å². The van der Waals surface area contributed by atoms with E-state index in [4.69, 9.17) is 5.84 Å². The Morgan fingerprint density at radius 2 is 2.17 bits per heavy atom. The Morgan fingerprint density at radius 3 is 2.72 bits per heavy atom. The van der Waals surface area contributed by atoms with Gasteiger partial charge in [0, 0.05) is 12.7 Å². The third-order valence-electron chi connectivity index (χ3n) is 2.98. The molecule has 4 N–H and O–H groups in total. The van der Waals surface area contributed by atoms with E-state index in [0.29, 0.717) is 12.5 Å². The van der Waals surface area contributed by atoms with Gasteiger partial charge in [-0.25, -0.2) is 15.2 Å². The number of anilines is 1. The second-order valence-corrected chi connectivity index (χ2v) is 4.06. The van der Waals surface area contributed by atoms with Gasteiger partial charge < -0.3 is 10.7 Å². The van der Waals surface area contributed by atoms with Crippen LogP contribution in [0.25, 0.3) is 0 Å². The summed E-state index contributed by atoms with van der Waals surface area (Å²) >= 11 is 0. The highest BCUT2D eigenvalue weighted by atomic mass is 19.1. The van der Waals surface area contributed by atoms with E-state index in [-0.39, 0.29) is 11.4 Å². The molecular weight excluding hydrogens is 235 g/mol. The van der Waals surface area contributed by atoms with Crippen molar-refractivity contribution in [1.82, 2.24) is 10.3 Å². The summed E-state index contributed by atoms with van der Waals surface area (Å²) in [5.74, 6) is 4.19. The lowest BCUT2D eigenvalue weighted by molar-refractivity contribution is 0.0942. The molecule has 0 bridgehead atoms. The maximum atomic E-state index is 13.7. The summed E-state index contributed by atoms with van der Waals surface area (Å²) in [6.45, 7) is 4.66. The minimum atomic E-state index is -0.734. The molecule has 0 aliphatic carbocycles. The number of hydrogen-bond acceptors (Lipinski definition) is 4. The SMILES string of the molecule is CCC(CC)CNC(=O)c1ccnc(NN)c1F. The highest BCUT2D eigenvalue weighted by Crippen LogP contribution is 2.14. The van der Waals surface area contributed by atoms with E-state index in [1.54, 1.807) is 0 Å². The first-order chi connectivity index (χ1) is 8.63. The van der Waals surface area contributed by atoms with Gasteiger partial charge in [-0.05, 0) is 12.0 Å². The monoisotopic (exact) mass is 254 g/mol. The van der Waals surface area contributed by atoms with Crippen LogP contribution in [0.2, 0.25) is 0 Å². The number of hydrogen-bond donors (Lipinski definition) is 3. The van der Waals surface area contributed by atoms with Gasteiger partial charge in [0.05, 0.1) is 5.56 Å². The smallest absolute Gasteiger partial charge is 0.254 e. The van der Waals surface area contributed by atoms with Gasteiger partial charge in [-0.15, -0.1) is 0 Å². The zero-order valence-corrected chi connectivity index (χ0v) is 10.7. The van der Waals surface area contributed by atoms with Crippen LogP contribution >= 0.6 is 0 Å². The molecule has 1 aromatic heterocycles. The molecule has 0 aliphatic heterocycles. The number of nitrogens with two attached hydrogens (primary N) is 1. The van der Waals surface area contributed by atoms with Crippen molar-refractivity contribution in [3.63, 3.8) is 0 Å². The van der Waals surface area contributed by atoms with E-state index in [1.165, 1.54) is 12.3 Å². The highest BCUT2D eigenvalue weighted by Gasteiger charge is 2.16. The quantitative estimate of drug-likeness (QED) is 0.533. The van der Waals surface area contributed by atoms with Crippen molar-refractivity contribution in [2.45, 2.75) is 26.7 Å². The van der Waals surface area contributed by atoms with Gasteiger partial charge in [0.15, 0.2) is 11.6 Å². The lowest BCUT2D eigenvalue weighted by atomic mass is 10.0. The van der Waals surface area contributed by atoms with Gasteiger partial charge in [-0.1, -0.05) is 26.7 Å². The average molecular weight is 254 g/mol. The van der Waals surface area contributed by atoms with Crippen LogP contribution < -0.4 is 16.6 Å². The Kier molecular flexibility index (Phi) is 5.51. The summed E-state index contributed by atoms with van der Waals surface area (Å²) < 4.78 is 13.7. The topological polar surface area (TPSA) is 80.0 Å². The molecule has 18 heavy (non-hydrogen) atoms. The molecule has 0 spiro atoms. The largest absolute Gasteiger partial charge is 0.352 e. The van der Waals surface area contributed by atoms with Crippen LogP contribution in [0.5, 0.6) is 0 Å². The zero-order chi connectivity index (χ0) is 13.5. The molecule has 0 saturated heterocycles. The first kappa shape index (κ1) is 14.4. The van der Waals surface area contributed by atoms with Crippen LogP contribution in [-0.4, -0.2) is 17.4 Å². The fourth-order valence-corrected chi connectivity index (χ4v) is 1.63. The van der Waals surface area contributed by atoms with E-state index in [9.17, 15) is 9.18 Å². The molecule has 1 amide bonds. The van der Waals surface area contributed by atoms with Gasteiger partial charge in [0.2, 0.25) is 0 Å². The number of carbonyl (C=O) groups is 1. The molecule has 0 radical (unpaired) electrons. The van der Waals surface area contributed by atoms with Crippen molar-refractivity contribution in [3.05, 3.63) is 23.6 Å². The Bertz CT molecular complexity index is 407. The van der Waals surface area contributed by atoms with Gasteiger partial charge >= 0.3 is 0 Å². The summed E-state index contributed by atoms with van der Waals surface area (Å²) in [6.07, 6.45) is 3.29. The summed E-state index contributed by atoms with van der Waals surface area (Å²) in [5.41, 5.74) is 2.06. The van der Waals surface area contributed by atoms with Crippen LogP contribution in [0.1, 0.15) is 37.0 Å². The first-order valence-electron chi connectivity index (χ1n) is 6.03. The fourth-order valence-electron chi connectivity index (χ4n) is 1.63. The number of amides is 1. The maximum absolute atomic E-state index is 13.7. The maximum Gasteiger partial charge on any atom is 0.254 e. The van der Waals surface area contributed by atoms with Crippen molar-refractivity contribution >= 4 is 11.7 Å². The molecule has 1 rings (SSSR count). The number of nitrogen functional groups attached to an aromatic ring is 1. The Morgan fingerprint density at radius 1 is 1.50 bits per heavy atom. The second kappa shape index (κ2) is 6.90. The van der Waals surface area contributed by atoms with Crippen molar-refractivity contribution in [2.24, 2.45) is 11.8 Å². The van der Waals surface area contributed by atoms with Crippen LogP contribution in [0.3, 0.4) is 0 Å². The number of halogens is 1. The molecular formula is C12H19FN4O. The Hall–Kier alpha value is -1.69. The van der Waals surface area contributed by atoms with E-state index >= 15 is 0 Å². The van der Waals surface area contributed by atoms with E-state index in [0.717, 1.165) is 12.8 Å². The van der Waals surface area contributed by atoms with Gasteiger partial charge in [-0.3, -0.25) is 4.79 Å². The number of pyridine rings is 1. The lowest BCUT2D eigenvalue weighted by Gasteiger charge is -2.13. The molecule has 100 valence electrons. The van der Waals surface area contributed by atoms with Crippen molar-refractivity contribution < 1.29 is 9.18 Å². The molecule has 0 fully saturated rings. The molecule has 5 nitrogen and oxygen atoms in total. The molecule has 0 aliphatic rings. The molecule has 6 heteroatoms. The zero-order valence-electron chi connectivity index (χ0n) is 10.7. The number of aromatic nitrogens is 1. The second-order valence-electron chi connectivity index (χ2n) is 4.06. The fraction of sp³-hybridized carbons (Fsp3) is 0.500. The number of nitrogens with one attached hydrogen (secondary N) is 2. The van der Waals surface area contributed by atoms with Crippen molar-refractivity contribution in [2.75, 3.05) is 12.0 Å². The van der Waals surface area contributed by atoms with Gasteiger partial charge in [0.1, 0.15) is 0 Å². The molecule has 0 saturated carbocycles. The molecule has 0 atom stereocenters. The highest BCUT2D eigenvalue weighted by molar-refractivity contribution is 5.95. The summed E-state index contributed by atoms with van der Waals surface area (Å²) in [7, 11) is 0. The molecule has 0 aromatic carbocycles. The van der Waals surface area contributed by atoms with E-state index in [1.807, 2.05) is 0 Å². The van der Waals surface area contributed by atoms with Crippen LogP contribution in [0.4, 0.5) is 10.2 Å². The van der Waals surface area contributed by atoms with Crippen LogP contribution in [-0.2, 0) is 0 Å². The lowest BCUT2D eigenvalue weighted by Crippen LogP contribution is -2.30. The van der Waals surface area contributed by atoms with E-state index in [2.05, 4.69) is 29.6 Å². The molecule has 1 aromatic rings. The number of carbonyl (C=O) groups excluding carboxylic acids is 1. The standard InChI is InChI=1S/C12H19FN4O/c1-3-8(4-2)7-16-12(18)9-5-6-15-11(17-14)10(9)13/h5-6,8H,3-4,7,14H2,1-2H3,(H,15,17)(H,16,18). The number of nitrogens with zero attached hydrogens (tertiary/aromatic N) is 1. The Balaban J connectivity index is 2.73. The first-order valence-corrected chi connectivity index (χ1v) is 6.03. The van der Waals surface area contributed by atoms with Crippen LogP contribution in [0.15, 0.2) is 12.3 Å². The third-order valence-corrected chi connectivity index (χ3v) is 2.98. The average Bonchev–Trinajstić information content (AvgIpc) is 2.40. The predicted molar refractivity (Wildman–Crippen MR) is 68.4 cm³/mol. The van der Waals surface area contributed by atoms with Gasteiger partial charge in [-0.2, -0.15) is 0 Å². The van der Waals surface area contributed by atoms with Crippen LogP contribution in [0, 0.1) is 11.7 Å². The number of rotatable bonds is 6.